The molecular weight excluding hydrogens is 226 g/mol. The third-order valence-electron chi connectivity index (χ3n) is 3.43. The Bertz CT molecular complexity index is 374. The molecule has 0 amide bonds. The highest BCUT2D eigenvalue weighted by Crippen LogP contribution is 2.09. The lowest BCUT2D eigenvalue weighted by molar-refractivity contribution is 0.413. The first-order valence-corrected chi connectivity index (χ1v) is 7.03. The molecule has 18 heavy (non-hydrogen) atoms. The van der Waals surface area contributed by atoms with Crippen molar-refractivity contribution in [2.75, 3.05) is 18.4 Å². The predicted molar refractivity (Wildman–Crippen MR) is 72.7 cm³/mol. The van der Waals surface area contributed by atoms with E-state index in [1.807, 2.05) is 0 Å². The topological polar surface area (TPSA) is 62.7 Å². The minimum Gasteiger partial charge on any atom is -0.351 e. The van der Waals surface area contributed by atoms with Gasteiger partial charge in [-0.2, -0.15) is 5.10 Å². The van der Waals surface area contributed by atoms with Gasteiger partial charge in [0.25, 0.3) is 0 Å². The smallest absolute Gasteiger partial charge is 0.243 e. The van der Waals surface area contributed by atoms with E-state index in [-0.39, 0.29) is 0 Å². The standard InChI is InChI=1S/C13H23N5/c1-3-11-12(4-2)17-18-13(16-11)15-9-10-7-5-6-8-14-10/h10,14H,3-9H2,1-2H3,(H,15,16,18). The van der Waals surface area contributed by atoms with Gasteiger partial charge in [0.05, 0.1) is 11.4 Å². The van der Waals surface area contributed by atoms with Crippen LogP contribution in [-0.4, -0.2) is 34.3 Å². The number of hydrogen-bond acceptors (Lipinski definition) is 5. The van der Waals surface area contributed by atoms with E-state index >= 15 is 0 Å². The zero-order chi connectivity index (χ0) is 12.8. The molecule has 1 atom stereocenters. The van der Waals surface area contributed by atoms with Gasteiger partial charge < -0.3 is 10.6 Å². The fraction of sp³-hybridized carbons (Fsp3) is 0.769. The summed E-state index contributed by atoms with van der Waals surface area (Å²) in [7, 11) is 0. The SMILES string of the molecule is CCc1nnc(NCC2CCCCN2)nc1CC. The molecule has 1 unspecified atom stereocenters. The second-order valence-electron chi connectivity index (χ2n) is 4.76. The first-order chi connectivity index (χ1) is 8.83. The van der Waals surface area contributed by atoms with Gasteiger partial charge in [-0.05, 0) is 32.2 Å². The number of rotatable bonds is 5. The lowest BCUT2D eigenvalue weighted by Gasteiger charge is -2.23. The quantitative estimate of drug-likeness (QED) is 0.829. The van der Waals surface area contributed by atoms with Crippen molar-refractivity contribution in [2.45, 2.75) is 52.0 Å². The molecule has 0 radical (unpaired) electrons. The highest BCUT2D eigenvalue weighted by Gasteiger charge is 2.13. The maximum absolute atomic E-state index is 4.53. The van der Waals surface area contributed by atoms with Gasteiger partial charge in [0.1, 0.15) is 0 Å². The van der Waals surface area contributed by atoms with E-state index in [1.54, 1.807) is 0 Å². The van der Waals surface area contributed by atoms with E-state index in [1.165, 1.54) is 19.3 Å². The summed E-state index contributed by atoms with van der Waals surface area (Å²) in [5.41, 5.74) is 2.07. The Kier molecular flexibility index (Phi) is 4.87. The van der Waals surface area contributed by atoms with Gasteiger partial charge in [0.15, 0.2) is 0 Å². The van der Waals surface area contributed by atoms with Crippen LogP contribution in [0.4, 0.5) is 5.95 Å². The normalized spacial score (nSPS) is 19.8. The lowest BCUT2D eigenvalue weighted by atomic mass is 10.1. The Balaban J connectivity index is 1.92. The molecule has 0 spiro atoms. The van der Waals surface area contributed by atoms with Crippen LogP contribution in [0.2, 0.25) is 0 Å². The fourth-order valence-corrected chi connectivity index (χ4v) is 2.33. The van der Waals surface area contributed by atoms with Gasteiger partial charge in [-0.25, -0.2) is 4.98 Å². The van der Waals surface area contributed by atoms with Gasteiger partial charge >= 0.3 is 0 Å². The fourth-order valence-electron chi connectivity index (χ4n) is 2.33. The van der Waals surface area contributed by atoms with Crippen LogP contribution in [0.15, 0.2) is 0 Å². The third-order valence-corrected chi connectivity index (χ3v) is 3.43. The van der Waals surface area contributed by atoms with E-state index in [0.717, 1.165) is 37.3 Å². The number of aryl methyl sites for hydroxylation is 2. The molecular formula is C13H23N5. The van der Waals surface area contributed by atoms with Gasteiger partial charge in [0.2, 0.25) is 5.95 Å². The van der Waals surface area contributed by atoms with Gasteiger partial charge in [0, 0.05) is 12.6 Å². The van der Waals surface area contributed by atoms with Crippen LogP contribution in [0.1, 0.15) is 44.5 Å². The Labute approximate surface area is 109 Å². The largest absolute Gasteiger partial charge is 0.351 e. The lowest BCUT2D eigenvalue weighted by Crippen LogP contribution is -2.39. The molecule has 1 aromatic rings. The molecule has 1 aliphatic rings. The van der Waals surface area contributed by atoms with Crippen LogP contribution < -0.4 is 10.6 Å². The molecule has 5 heteroatoms. The molecule has 0 bridgehead atoms. The Morgan fingerprint density at radius 1 is 1.17 bits per heavy atom. The number of piperidine rings is 1. The second-order valence-corrected chi connectivity index (χ2v) is 4.76. The monoisotopic (exact) mass is 249 g/mol. The van der Waals surface area contributed by atoms with Crippen molar-refractivity contribution in [3.05, 3.63) is 11.4 Å². The molecule has 0 aromatic carbocycles. The van der Waals surface area contributed by atoms with Gasteiger partial charge in [-0.3, -0.25) is 0 Å². The summed E-state index contributed by atoms with van der Waals surface area (Å²) in [5, 5.41) is 15.2. The Hall–Kier alpha value is -1.23. The summed E-state index contributed by atoms with van der Waals surface area (Å²) in [5.74, 6) is 0.663. The van der Waals surface area contributed by atoms with Crippen LogP contribution in [-0.2, 0) is 12.8 Å². The van der Waals surface area contributed by atoms with Crippen LogP contribution in [0.5, 0.6) is 0 Å². The molecule has 2 N–H and O–H groups in total. The zero-order valence-electron chi connectivity index (χ0n) is 11.4. The number of anilines is 1. The summed E-state index contributed by atoms with van der Waals surface area (Å²) in [6.45, 7) is 6.20. The highest BCUT2D eigenvalue weighted by molar-refractivity contribution is 5.26. The van der Waals surface area contributed by atoms with Crippen LogP contribution in [0, 0.1) is 0 Å². The predicted octanol–water partition coefficient (Wildman–Crippen LogP) is 1.55. The third kappa shape index (κ3) is 3.38. The van der Waals surface area contributed by atoms with Crippen molar-refractivity contribution >= 4 is 5.95 Å². The van der Waals surface area contributed by atoms with E-state index in [9.17, 15) is 0 Å². The van der Waals surface area contributed by atoms with Crippen LogP contribution in [0.25, 0.3) is 0 Å². The van der Waals surface area contributed by atoms with Gasteiger partial charge in [-0.15, -0.1) is 5.10 Å². The summed E-state index contributed by atoms with van der Waals surface area (Å²) in [6.07, 6.45) is 5.64. The van der Waals surface area contributed by atoms with Crippen LogP contribution >= 0.6 is 0 Å². The average Bonchev–Trinajstić information content (AvgIpc) is 2.45. The molecule has 100 valence electrons. The van der Waals surface area contributed by atoms with E-state index in [2.05, 4.69) is 39.7 Å². The van der Waals surface area contributed by atoms with E-state index in [4.69, 9.17) is 0 Å². The van der Waals surface area contributed by atoms with Crippen molar-refractivity contribution in [3.63, 3.8) is 0 Å². The molecule has 0 saturated carbocycles. The molecule has 1 saturated heterocycles. The van der Waals surface area contributed by atoms with Crippen molar-refractivity contribution in [1.82, 2.24) is 20.5 Å². The Morgan fingerprint density at radius 3 is 2.67 bits per heavy atom. The maximum atomic E-state index is 4.53. The molecule has 0 aliphatic carbocycles. The first-order valence-electron chi connectivity index (χ1n) is 7.03. The summed E-state index contributed by atoms with van der Waals surface area (Å²) < 4.78 is 0. The second kappa shape index (κ2) is 6.64. The van der Waals surface area contributed by atoms with E-state index < -0.39 is 0 Å². The summed E-state index contributed by atoms with van der Waals surface area (Å²) in [6, 6.07) is 0.540. The van der Waals surface area contributed by atoms with Crippen LogP contribution in [0.3, 0.4) is 0 Å². The number of nitrogens with one attached hydrogen (secondary N) is 2. The van der Waals surface area contributed by atoms with Crippen molar-refractivity contribution < 1.29 is 0 Å². The highest BCUT2D eigenvalue weighted by atomic mass is 15.2. The molecule has 2 heterocycles. The molecule has 1 aromatic heterocycles. The Morgan fingerprint density at radius 2 is 2.00 bits per heavy atom. The van der Waals surface area contributed by atoms with Gasteiger partial charge in [-0.1, -0.05) is 20.3 Å². The summed E-state index contributed by atoms with van der Waals surface area (Å²) in [4.78, 5) is 4.53. The first kappa shape index (κ1) is 13.2. The van der Waals surface area contributed by atoms with E-state index in [0.29, 0.717) is 12.0 Å². The number of nitrogens with zero attached hydrogens (tertiary/aromatic N) is 3. The maximum Gasteiger partial charge on any atom is 0.243 e. The minimum atomic E-state index is 0.540. The summed E-state index contributed by atoms with van der Waals surface area (Å²) >= 11 is 0. The van der Waals surface area contributed by atoms with Crippen molar-refractivity contribution in [3.8, 4) is 0 Å². The molecule has 1 fully saturated rings. The number of hydrogen-bond donors (Lipinski definition) is 2. The van der Waals surface area contributed by atoms with Crippen molar-refractivity contribution in [1.29, 1.82) is 0 Å². The minimum absolute atomic E-state index is 0.540. The zero-order valence-corrected chi connectivity index (χ0v) is 11.4. The molecule has 2 rings (SSSR count). The molecule has 1 aliphatic heterocycles. The average molecular weight is 249 g/mol. The molecule has 5 nitrogen and oxygen atoms in total. The van der Waals surface area contributed by atoms with Crippen molar-refractivity contribution in [2.24, 2.45) is 0 Å². The number of aromatic nitrogens is 3.